The normalized spacial score (nSPS) is 10.8. The summed E-state index contributed by atoms with van der Waals surface area (Å²) < 4.78 is 1.15. The minimum atomic E-state index is 0.572. The Morgan fingerprint density at radius 3 is 2.38 bits per heavy atom. The Morgan fingerprint density at radius 2 is 1.69 bits per heavy atom. The Labute approximate surface area is 105 Å². The lowest BCUT2D eigenvalue weighted by atomic mass is 9.97. The van der Waals surface area contributed by atoms with Crippen molar-refractivity contribution in [1.82, 2.24) is 0 Å². The summed E-state index contributed by atoms with van der Waals surface area (Å²) in [5.41, 5.74) is 3.91. The van der Waals surface area contributed by atoms with Crippen LogP contribution in [0.15, 0.2) is 53.0 Å². The van der Waals surface area contributed by atoms with E-state index in [9.17, 15) is 0 Å². The Hall–Kier alpha value is -1.08. The van der Waals surface area contributed by atoms with Gasteiger partial charge in [0.25, 0.3) is 0 Å². The van der Waals surface area contributed by atoms with Crippen molar-refractivity contribution in [3.8, 4) is 11.1 Å². The van der Waals surface area contributed by atoms with Crippen molar-refractivity contribution in [2.24, 2.45) is 0 Å². The van der Waals surface area contributed by atoms with Gasteiger partial charge in [0.1, 0.15) is 0 Å². The number of halogens is 1. The van der Waals surface area contributed by atoms with Crippen LogP contribution in [0, 0.1) is 0 Å². The van der Waals surface area contributed by atoms with E-state index in [1.807, 2.05) is 6.07 Å². The van der Waals surface area contributed by atoms with Crippen LogP contribution in [0.4, 0.5) is 0 Å². The van der Waals surface area contributed by atoms with Crippen LogP contribution in [-0.4, -0.2) is 0 Å². The molecule has 1 heteroatoms. The molecule has 0 spiro atoms. The van der Waals surface area contributed by atoms with Crippen LogP contribution in [0.2, 0.25) is 0 Å². The highest BCUT2D eigenvalue weighted by molar-refractivity contribution is 9.10. The quantitative estimate of drug-likeness (QED) is 0.703. The second-order valence-electron chi connectivity index (χ2n) is 4.26. The first-order valence-corrected chi connectivity index (χ1v) is 6.32. The largest absolute Gasteiger partial charge is 0.0616 e. The molecule has 2 rings (SSSR count). The van der Waals surface area contributed by atoms with Crippen molar-refractivity contribution in [3.63, 3.8) is 0 Å². The van der Waals surface area contributed by atoms with Gasteiger partial charge in [-0.05, 0) is 28.7 Å². The number of benzene rings is 2. The molecular weight excluding hydrogens is 260 g/mol. The van der Waals surface area contributed by atoms with E-state index in [2.05, 4.69) is 72.2 Å². The fraction of sp³-hybridized carbons (Fsp3) is 0.200. The molecule has 16 heavy (non-hydrogen) atoms. The number of hydrogen-bond donors (Lipinski definition) is 0. The molecule has 0 saturated heterocycles. The summed E-state index contributed by atoms with van der Waals surface area (Å²) in [7, 11) is 0. The summed E-state index contributed by atoms with van der Waals surface area (Å²) in [5.74, 6) is 0.572. The van der Waals surface area contributed by atoms with E-state index in [-0.39, 0.29) is 0 Å². The van der Waals surface area contributed by atoms with E-state index in [1.165, 1.54) is 16.7 Å². The Balaban J connectivity index is 2.49. The molecular formula is C15H15Br. The van der Waals surface area contributed by atoms with Gasteiger partial charge < -0.3 is 0 Å². The molecule has 0 fully saturated rings. The van der Waals surface area contributed by atoms with Gasteiger partial charge >= 0.3 is 0 Å². The average Bonchev–Trinajstić information content (AvgIpc) is 2.30. The molecule has 0 nitrogen and oxygen atoms in total. The predicted molar refractivity (Wildman–Crippen MR) is 73.7 cm³/mol. The van der Waals surface area contributed by atoms with Gasteiger partial charge in [0, 0.05) is 4.47 Å². The van der Waals surface area contributed by atoms with Crippen molar-refractivity contribution in [1.29, 1.82) is 0 Å². The van der Waals surface area contributed by atoms with Gasteiger partial charge in [0.05, 0.1) is 0 Å². The fourth-order valence-corrected chi connectivity index (χ4v) is 2.27. The van der Waals surface area contributed by atoms with Crippen molar-refractivity contribution in [2.75, 3.05) is 0 Å². The zero-order valence-electron chi connectivity index (χ0n) is 9.57. The van der Waals surface area contributed by atoms with Gasteiger partial charge in [0.2, 0.25) is 0 Å². The highest BCUT2D eigenvalue weighted by Gasteiger charge is 2.04. The highest BCUT2D eigenvalue weighted by Crippen LogP contribution is 2.29. The van der Waals surface area contributed by atoms with Gasteiger partial charge in [0.15, 0.2) is 0 Å². The van der Waals surface area contributed by atoms with Crippen molar-refractivity contribution >= 4 is 15.9 Å². The Kier molecular flexibility index (Phi) is 3.45. The third-order valence-corrected chi connectivity index (χ3v) is 3.43. The second-order valence-corrected chi connectivity index (χ2v) is 5.11. The molecule has 0 amide bonds. The maximum atomic E-state index is 3.59. The molecule has 0 aliphatic carbocycles. The van der Waals surface area contributed by atoms with E-state index < -0.39 is 0 Å². The monoisotopic (exact) mass is 274 g/mol. The third kappa shape index (κ3) is 2.35. The molecule has 0 radical (unpaired) electrons. The van der Waals surface area contributed by atoms with Crippen LogP contribution in [0.3, 0.4) is 0 Å². The zero-order valence-corrected chi connectivity index (χ0v) is 11.2. The molecule has 2 aromatic carbocycles. The van der Waals surface area contributed by atoms with Crippen LogP contribution in [0.1, 0.15) is 25.3 Å². The van der Waals surface area contributed by atoms with E-state index in [0.29, 0.717) is 5.92 Å². The molecule has 0 bridgehead atoms. The van der Waals surface area contributed by atoms with Gasteiger partial charge in [-0.15, -0.1) is 0 Å². The first-order valence-electron chi connectivity index (χ1n) is 5.53. The van der Waals surface area contributed by atoms with Crippen molar-refractivity contribution in [2.45, 2.75) is 19.8 Å². The molecule has 0 unspecified atom stereocenters. The fourth-order valence-electron chi connectivity index (χ4n) is 1.76. The maximum Gasteiger partial charge on any atom is 0.0253 e. The first-order chi connectivity index (χ1) is 7.68. The lowest BCUT2D eigenvalue weighted by Crippen LogP contribution is -1.88. The lowest BCUT2D eigenvalue weighted by molar-refractivity contribution is 0.867. The van der Waals surface area contributed by atoms with E-state index in [0.717, 1.165) is 4.47 Å². The number of rotatable bonds is 2. The zero-order chi connectivity index (χ0) is 11.5. The molecule has 0 aromatic heterocycles. The molecule has 0 aliphatic heterocycles. The van der Waals surface area contributed by atoms with E-state index >= 15 is 0 Å². The van der Waals surface area contributed by atoms with E-state index in [4.69, 9.17) is 0 Å². The van der Waals surface area contributed by atoms with Crippen molar-refractivity contribution < 1.29 is 0 Å². The van der Waals surface area contributed by atoms with Crippen LogP contribution in [0.5, 0.6) is 0 Å². The Morgan fingerprint density at radius 1 is 0.938 bits per heavy atom. The molecule has 82 valence electrons. The SMILES string of the molecule is CC(C)c1cccc(-c2ccccc2Br)c1. The van der Waals surface area contributed by atoms with Crippen LogP contribution >= 0.6 is 15.9 Å². The van der Waals surface area contributed by atoms with Crippen molar-refractivity contribution in [3.05, 3.63) is 58.6 Å². The van der Waals surface area contributed by atoms with Crippen LogP contribution in [0.25, 0.3) is 11.1 Å². The second kappa shape index (κ2) is 4.84. The summed E-state index contributed by atoms with van der Waals surface area (Å²) in [6.07, 6.45) is 0. The minimum Gasteiger partial charge on any atom is -0.0616 e. The standard InChI is InChI=1S/C15H15Br/c1-11(2)12-6-5-7-13(10-12)14-8-3-4-9-15(14)16/h3-11H,1-2H3. The molecule has 0 saturated carbocycles. The first kappa shape index (κ1) is 11.4. The lowest BCUT2D eigenvalue weighted by Gasteiger charge is -2.09. The Bertz CT molecular complexity index is 486. The topological polar surface area (TPSA) is 0 Å². The van der Waals surface area contributed by atoms with E-state index in [1.54, 1.807) is 0 Å². The van der Waals surface area contributed by atoms with Crippen LogP contribution < -0.4 is 0 Å². The van der Waals surface area contributed by atoms with Gasteiger partial charge in [-0.1, -0.05) is 72.2 Å². The van der Waals surface area contributed by atoms with Crippen LogP contribution in [-0.2, 0) is 0 Å². The summed E-state index contributed by atoms with van der Waals surface area (Å²) >= 11 is 3.59. The molecule has 0 aliphatic rings. The minimum absolute atomic E-state index is 0.572. The molecule has 0 heterocycles. The third-order valence-electron chi connectivity index (χ3n) is 2.74. The van der Waals surface area contributed by atoms with Gasteiger partial charge in [-0.3, -0.25) is 0 Å². The maximum absolute atomic E-state index is 3.59. The number of hydrogen-bond acceptors (Lipinski definition) is 0. The predicted octanol–water partition coefficient (Wildman–Crippen LogP) is 5.24. The summed E-state index contributed by atoms with van der Waals surface area (Å²) in [4.78, 5) is 0. The summed E-state index contributed by atoms with van der Waals surface area (Å²) in [5, 5.41) is 0. The average molecular weight is 275 g/mol. The van der Waals surface area contributed by atoms with Gasteiger partial charge in [-0.2, -0.15) is 0 Å². The molecule has 2 aromatic rings. The van der Waals surface area contributed by atoms with Gasteiger partial charge in [-0.25, -0.2) is 0 Å². The summed E-state index contributed by atoms with van der Waals surface area (Å²) in [6, 6.07) is 17.1. The molecule has 0 N–H and O–H groups in total. The molecule has 0 atom stereocenters. The highest BCUT2D eigenvalue weighted by atomic mass is 79.9. The summed E-state index contributed by atoms with van der Waals surface area (Å²) in [6.45, 7) is 4.44. The smallest absolute Gasteiger partial charge is 0.0253 e.